The van der Waals surface area contributed by atoms with Crippen LogP contribution in [0.25, 0.3) is 0 Å². The summed E-state index contributed by atoms with van der Waals surface area (Å²) in [5, 5.41) is 0.997. The second-order valence-corrected chi connectivity index (χ2v) is 6.72. The minimum Gasteiger partial charge on any atom is -0.342 e. The van der Waals surface area contributed by atoms with Crippen molar-refractivity contribution in [1.82, 2.24) is 19.7 Å². The molecule has 1 aromatic rings. The molecule has 0 aliphatic carbocycles. The smallest absolute Gasteiger partial charge is 0.265 e. The van der Waals surface area contributed by atoms with Crippen molar-refractivity contribution in [2.24, 2.45) is 0 Å². The molecule has 1 aliphatic rings. The van der Waals surface area contributed by atoms with Gasteiger partial charge in [0.05, 0.1) is 17.7 Å². The molecule has 6 nitrogen and oxygen atoms in total. The minimum absolute atomic E-state index is 0.0666. The third-order valence-electron chi connectivity index (χ3n) is 4.20. The summed E-state index contributed by atoms with van der Waals surface area (Å²) >= 11 is 1.48. The van der Waals surface area contributed by atoms with Gasteiger partial charge in [-0.1, -0.05) is 6.92 Å². The van der Waals surface area contributed by atoms with Crippen LogP contribution >= 0.6 is 11.3 Å². The first kappa shape index (κ1) is 17.9. The molecule has 2 rings (SSSR count). The summed E-state index contributed by atoms with van der Waals surface area (Å²) in [6.45, 7) is 10.8. The lowest BCUT2D eigenvalue weighted by molar-refractivity contribution is -0.132. The lowest BCUT2D eigenvalue weighted by Gasteiger charge is -2.35. The molecule has 0 saturated carbocycles. The number of hydrogen-bond donors (Lipinski definition) is 0. The number of aromatic nitrogens is 1. The number of thiazole rings is 1. The Morgan fingerprint density at radius 3 is 2.35 bits per heavy atom. The van der Waals surface area contributed by atoms with Crippen LogP contribution in [0.4, 0.5) is 0 Å². The van der Waals surface area contributed by atoms with Crippen LogP contribution in [0.1, 0.15) is 35.5 Å². The zero-order valence-electron chi connectivity index (χ0n) is 14.2. The van der Waals surface area contributed by atoms with Crippen LogP contribution < -0.4 is 0 Å². The molecular weight excluding hydrogens is 312 g/mol. The van der Waals surface area contributed by atoms with Crippen LogP contribution in [0.5, 0.6) is 0 Å². The normalized spacial score (nSPS) is 15.7. The molecule has 0 spiro atoms. The topological polar surface area (TPSA) is 56.8 Å². The van der Waals surface area contributed by atoms with E-state index in [0.717, 1.165) is 42.5 Å². The highest BCUT2D eigenvalue weighted by Gasteiger charge is 2.25. The number of aryl methyl sites for hydroxylation is 1. The SMILES string of the molecule is CCc1ncc(C(=O)N2CCN(CC(=O)N(CC)CC)CC2)s1. The molecule has 128 valence electrons. The highest BCUT2D eigenvalue weighted by Crippen LogP contribution is 2.17. The van der Waals surface area contributed by atoms with E-state index in [4.69, 9.17) is 0 Å². The van der Waals surface area contributed by atoms with Crippen LogP contribution in [0.3, 0.4) is 0 Å². The van der Waals surface area contributed by atoms with E-state index in [0.29, 0.717) is 19.6 Å². The van der Waals surface area contributed by atoms with E-state index in [1.807, 2.05) is 30.6 Å². The van der Waals surface area contributed by atoms with E-state index in [1.54, 1.807) is 6.20 Å². The second-order valence-electron chi connectivity index (χ2n) is 5.61. The van der Waals surface area contributed by atoms with Crippen molar-refractivity contribution in [2.45, 2.75) is 27.2 Å². The number of nitrogens with zero attached hydrogens (tertiary/aromatic N) is 4. The average molecular weight is 338 g/mol. The van der Waals surface area contributed by atoms with Gasteiger partial charge in [-0.3, -0.25) is 14.5 Å². The predicted molar refractivity (Wildman–Crippen MR) is 91.8 cm³/mol. The maximum atomic E-state index is 12.5. The number of piperazine rings is 1. The van der Waals surface area contributed by atoms with Crippen molar-refractivity contribution in [3.8, 4) is 0 Å². The molecule has 0 radical (unpaired) electrons. The van der Waals surface area contributed by atoms with Gasteiger partial charge >= 0.3 is 0 Å². The molecule has 2 heterocycles. The number of likely N-dealkylation sites (N-methyl/N-ethyl adjacent to an activating group) is 1. The Balaban J connectivity index is 1.83. The average Bonchev–Trinajstić information content (AvgIpc) is 3.05. The molecule has 1 fully saturated rings. The van der Waals surface area contributed by atoms with Gasteiger partial charge in [0.1, 0.15) is 4.88 Å². The van der Waals surface area contributed by atoms with Crippen LogP contribution in [0.15, 0.2) is 6.20 Å². The molecule has 1 aromatic heterocycles. The van der Waals surface area contributed by atoms with Gasteiger partial charge in [0, 0.05) is 39.3 Å². The van der Waals surface area contributed by atoms with Crippen LogP contribution in [-0.4, -0.2) is 77.3 Å². The van der Waals surface area contributed by atoms with Crippen molar-refractivity contribution >= 4 is 23.2 Å². The Morgan fingerprint density at radius 1 is 1.17 bits per heavy atom. The lowest BCUT2D eigenvalue weighted by Crippen LogP contribution is -2.51. The number of carbonyl (C=O) groups is 2. The molecule has 0 bridgehead atoms. The fourth-order valence-corrected chi connectivity index (χ4v) is 3.53. The van der Waals surface area contributed by atoms with Crippen LogP contribution in [-0.2, 0) is 11.2 Å². The summed E-state index contributed by atoms with van der Waals surface area (Å²) < 4.78 is 0. The molecule has 1 aliphatic heterocycles. The first-order chi connectivity index (χ1) is 11.1. The molecule has 0 aromatic carbocycles. The Hall–Kier alpha value is -1.47. The van der Waals surface area contributed by atoms with Gasteiger partial charge in [-0.25, -0.2) is 4.98 Å². The van der Waals surface area contributed by atoms with Gasteiger partial charge in [0.15, 0.2) is 0 Å². The van der Waals surface area contributed by atoms with Crippen LogP contribution in [0, 0.1) is 0 Å². The van der Waals surface area contributed by atoms with E-state index in [1.165, 1.54) is 11.3 Å². The Kier molecular flexibility index (Phi) is 6.53. The van der Waals surface area contributed by atoms with Crippen molar-refractivity contribution in [2.75, 3.05) is 45.8 Å². The van der Waals surface area contributed by atoms with Crippen molar-refractivity contribution in [3.63, 3.8) is 0 Å². The summed E-state index contributed by atoms with van der Waals surface area (Å²) in [6, 6.07) is 0. The molecule has 7 heteroatoms. The molecular formula is C16H26N4O2S. The maximum Gasteiger partial charge on any atom is 0.265 e. The maximum absolute atomic E-state index is 12.5. The Bertz CT molecular complexity index is 534. The molecule has 23 heavy (non-hydrogen) atoms. The predicted octanol–water partition coefficient (Wildman–Crippen LogP) is 1.33. The summed E-state index contributed by atoms with van der Waals surface area (Å²) in [5.74, 6) is 0.238. The van der Waals surface area contributed by atoms with E-state index in [9.17, 15) is 9.59 Å². The van der Waals surface area contributed by atoms with Crippen molar-refractivity contribution in [3.05, 3.63) is 16.1 Å². The Morgan fingerprint density at radius 2 is 1.83 bits per heavy atom. The fraction of sp³-hybridized carbons (Fsp3) is 0.688. The molecule has 0 atom stereocenters. The summed E-state index contributed by atoms with van der Waals surface area (Å²) in [5.41, 5.74) is 0. The molecule has 2 amide bonds. The summed E-state index contributed by atoms with van der Waals surface area (Å²) in [7, 11) is 0. The quantitative estimate of drug-likeness (QED) is 0.785. The van der Waals surface area contributed by atoms with Crippen molar-refractivity contribution in [1.29, 1.82) is 0 Å². The van der Waals surface area contributed by atoms with E-state index in [-0.39, 0.29) is 11.8 Å². The highest BCUT2D eigenvalue weighted by atomic mass is 32.1. The van der Waals surface area contributed by atoms with E-state index < -0.39 is 0 Å². The third kappa shape index (κ3) is 4.51. The number of hydrogen-bond acceptors (Lipinski definition) is 5. The van der Waals surface area contributed by atoms with Gasteiger partial charge in [0.25, 0.3) is 5.91 Å². The second kappa shape index (κ2) is 8.40. The lowest BCUT2D eigenvalue weighted by atomic mass is 10.3. The Labute approximate surface area is 142 Å². The largest absolute Gasteiger partial charge is 0.342 e. The van der Waals surface area contributed by atoms with Gasteiger partial charge in [-0.2, -0.15) is 0 Å². The standard InChI is InChI=1S/C16H26N4O2S/c1-4-14-17-11-13(23-14)16(22)20-9-7-18(8-10-20)12-15(21)19(5-2)6-3/h11H,4-10,12H2,1-3H3. The highest BCUT2D eigenvalue weighted by molar-refractivity contribution is 7.13. The summed E-state index contributed by atoms with van der Waals surface area (Å²) in [4.78, 5) is 35.4. The molecule has 0 N–H and O–H groups in total. The third-order valence-corrected chi connectivity index (χ3v) is 5.33. The first-order valence-corrected chi connectivity index (χ1v) is 9.14. The van der Waals surface area contributed by atoms with E-state index in [2.05, 4.69) is 9.88 Å². The molecule has 0 unspecified atom stereocenters. The number of rotatable bonds is 6. The van der Waals surface area contributed by atoms with Gasteiger partial charge in [0.2, 0.25) is 5.91 Å². The zero-order chi connectivity index (χ0) is 16.8. The van der Waals surface area contributed by atoms with Crippen molar-refractivity contribution < 1.29 is 9.59 Å². The van der Waals surface area contributed by atoms with Gasteiger partial charge in [-0.15, -0.1) is 11.3 Å². The molecule has 1 saturated heterocycles. The van der Waals surface area contributed by atoms with Gasteiger partial charge in [-0.05, 0) is 20.3 Å². The monoisotopic (exact) mass is 338 g/mol. The fourth-order valence-electron chi connectivity index (χ4n) is 2.71. The minimum atomic E-state index is 0.0666. The number of amides is 2. The summed E-state index contributed by atoms with van der Waals surface area (Å²) in [6.07, 6.45) is 2.54. The van der Waals surface area contributed by atoms with E-state index >= 15 is 0 Å². The van der Waals surface area contributed by atoms with Gasteiger partial charge < -0.3 is 9.80 Å². The zero-order valence-corrected chi connectivity index (χ0v) is 15.1. The van der Waals surface area contributed by atoms with Crippen LogP contribution in [0.2, 0.25) is 0 Å². The first-order valence-electron chi connectivity index (χ1n) is 8.33. The number of carbonyl (C=O) groups excluding carboxylic acids is 2.